The molecule has 6 nitrogen and oxygen atoms in total. The Hall–Kier alpha value is -1.17. The molecule has 0 aliphatic rings. The molecule has 0 aliphatic carbocycles. The van der Waals surface area contributed by atoms with Gasteiger partial charge in [-0.1, -0.05) is 34.7 Å². The highest BCUT2D eigenvalue weighted by molar-refractivity contribution is 14.1. The van der Waals surface area contributed by atoms with E-state index >= 15 is 0 Å². The number of aromatic nitrogens is 5. The molecule has 122 valence electrons. The van der Waals surface area contributed by atoms with E-state index < -0.39 is 0 Å². The van der Waals surface area contributed by atoms with E-state index in [2.05, 4.69) is 43.6 Å². The summed E-state index contributed by atoms with van der Waals surface area (Å²) in [6, 6.07) is 6.20. The summed E-state index contributed by atoms with van der Waals surface area (Å²) in [5.41, 5.74) is 9.37. The molecule has 10 heteroatoms. The lowest BCUT2D eigenvalue weighted by atomic mass is 10.2. The largest absolute Gasteiger partial charge is 0.382 e. The van der Waals surface area contributed by atoms with Crippen molar-refractivity contribution in [1.29, 1.82) is 0 Å². The molecule has 4 rings (SSSR count). The van der Waals surface area contributed by atoms with E-state index in [-0.39, 0.29) is 11.1 Å². The summed E-state index contributed by atoms with van der Waals surface area (Å²) < 4.78 is 4.96. The van der Waals surface area contributed by atoms with E-state index in [0.29, 0.717) is 11.2 Å². The maximum atomic E-state index is 5.90. The number of rotatable bonds is 3. The van der Waals surface area contributed by atoms with Crippen molar-refractivity contribution in [1.82, 2.24) is 24.5 Å². The van der Waals surface area contributed by atoms with E-state index in [4.69, 9.17) is 22.3 Å². The molecule has 0 radical (unpaired) electrons. The van der Waals surface area contributed by atoms with E-state index in [9.17, 15) is 0 Å². The molecular formula is C14H10ClIN6S2. The van der Waals surface area contributed by atoms with Crippen LogP contribution in [-0.4, -0.2) is 24.5 Å². The van der Waals surface area contributed by atoms with Crippen LogP contribution in [0.25, 0.3) is 21.4 Å². The first kappa shape index (κ1) is 16.3. The average molecular weight is 489 g/mol. The summed E-state index contributed by atoms with van der Waals surface area (Å²) in [4.78, 5) is 17.4. The van der Waals surface area contributed by atoms with E-state index in [1.54, 1.807) is 11.3 Å². The van der Waals surface area contributed by atoms with Crippen LogP contribution in [0.5, 0.6) is 0 Å². The summed E-state index contributed by atoms with van der Waals surface area (Å²) in [6.07, 6.45) is 0. The predicted octanol–water partition coefficient (Wildman–Crippen LogP) is 4.29. The summed E-state index contributed by atoms with van der Waals surface area (Å²) in [6.45, 7) is 0. The molecule has 0 saturated carbocycles. The molecule has 3 aromatic heterocycles. The third-order valence-corrected chi connectivity index (χ3v) is 6.72. The normalized spacial score (nSPS) is 11.6. The van der Waals surface area contributed by atoms with Crippen LogP contribution in [0.2, 0.25) is 5.28 Å². The van der Waals surface area contributed by atoms with Crippen LogP contribution in [-0.2, 0) is 11.5 Å². The SMILES string of the molecule is Cn1c(Sc2nc3cccc(CI)c3s2)nc2c(N)nc(Cl)nc21. The molecule has 0 fully saturated rings. The Balaban J connectivity index is 1.79. The molecular weight excluding hydrogens is 479 g/mol. The van der Waals surface area contributed by atoms with Crippen LogP contribution < -0.4 is 5.73 Å². The average Bonchev–Trinajstić information content (AvgIpc) is 3.10. The molecule has 4 aromatic rings. The van der Waals surface area contributed by atoms with Crippen LogP contribution in [0.4, 0.5) is 5.82 Å². The number of imidazole rings is 1. The van der Waals surface area contributed by atoms with Crippen molar-refractivity contribution in [2.24, 2.45) is 7.05 Å². The highest BCUT2D eigenvalue weighted by Crippen LogP contribution is 2.37. The number of benzene rings is 1. The molecule has 0 atom stereocenters. The Morgan fingerprint density at radius 1 is 1.29 bits per heavy atom. The molecule has 2 N–H and O–H groups in total. The van der Waals surface area contributed by atoms with Crippen molar-refractivity contribution in [2.75, 3.05) is 5.73 Å². The quantitative estimate of drug-likeness (QED) is 0.263. The Labute approximate surface area is 164 Å². The standard InChI is InChI=1S/C14H10ClIN6S2/c1-22-11-8(10(17)20-12(15)21-11)19-13(22)24-14-18-7-4-2-3-6(5-16)9(7)23-14/h2-4H,5H2,1H3,(H2,17,20,21). The molecule has 0 aliphatic heterocycles. The Kier molecular flexibility index (Phi) is 4.27. The molecule has 0 bridgehead atoms. The lowest BCUT2D eigenvalue weighted by molar-refractivity contribution is 0.805. The van der Waals surface area contributed by atoms with Gasteiger partial charge in [-0.25, -0.2) is 9.97 Å². The summed E-state index contributed by atoms with van der Waals surface area (Å²) in [5, 5.41) is 0.870. The van der Waals surface area contributed by atoms with Gasteiger partial charge in [-0.2, -0.15) is 9.97 Å². The zero-order valence-electron chi connectivity index (χ0n) is 12.3. The lowest BCUT2D eigenvalue weighted by Crippen LogP contribution is -1.96. The van der Waals surface area contributed by atoms with Gasteiger partial charge >= 0.3 is 0 Å². The maximum Gasteiger partial charge on any atom is 0.226 e. The Morgan fingerprint density at radius 2 is 2.12 bits per heavy atom. The third-order valence-electron chi connectivity index (χ3n) is 3.48. The zero-order chi connectivity index (χ0) is 16.8. The highest BCUT2D eigenvalue weighted by atomic mass is 127. The van der Waals surface area contributed by atoms with Gasteiger partial charge in [-0.15, -0.1) is 11.3 Å². The van der Waals surface area contributed by atoms with E-state index in [1.165, 1.54) is 22.0 Å². The van der Waals surface area contributed by atoms with Crippen LogP contribution in [0.15, 0.2) is 27.7 Å². The second-order valence-corrected chi connectivity index (χ2v) is 8.30. The van der Waals surface area contributed by atoms with Crippen molar-refractivity contribution in [3.63, 3.8) is 0 Å². The summed E-state index contributed by atoms with van der Waals surface area (Å²) in [5.74, 6) is 0.281. The van der Waals surface area contributed by atoms with Crippen molar-refractivity contribution in [2.45, 2.75) is 13.9 Å². The van der Waals surface area contributed by atoms with Gasteiger partial charge in [0.2, 0.25) is 5.28 Å². The number of fused-ring (bicyclic) bond motifs is 2. The minimum atomic E-state index is 0.117. The van der Waals surface area contributed by atoms with Gasteiger partial charge in [-0.3, -0.25) is 0 Å². The summed E-state index contributed by atoms with van der Waals surface area (Å²) in [7, 11) is 1.88. The van der Waals surface area contributed by atoms with Crippen LogP contribution in [0.1, 0.15) is 5.56 Å². The molecule has 0 saturated heterocycles. The first-order valence-corrected chi connectivity index (χ1v) is 10.4. The van der Waals surface area contributed by atoms with Gasteiger partial charge in [-0.05, 0) is 35.0 Å². The molecule has 0 unspecified atom stereocenters. The number of anilines is 1. The second-order valence-electron chi connectivity index (χ2n) is 4.98. The van der Waals surface area contributed by atoms with Crippen LogP contribution in [0.3, 0.4) is 0 Å². The zero-order valence-corrected chi connectivity index (χ0v) is 16.9. The van der Waals surface area contributed by atoms with Gasteiger partial charge < -0.3 is 10.3 Å². The van der Waals surface area contributed by atoms with Gasteiger partial charge in [0.15, 0.2) is 26.5 Å². The van der Waals surface area contributed by atoms with Crippen molar-refractivity contribution in [3.05, 3.63) is 29.0 Å². The fourth-order valence-electron chi connectivity index (χ4n) is 2.34. The van der Waals surface area contributed by atoms with E-state index in [0.717, 1.165) is 19.4 Å². The third kappa shape index (κ3) is 2.72. The monoisotopic (exact) mass is 488 g/mol. The highest BCUT2D eigenvalue weighted by Gasteiger charge is 2.17. The number of aryl methyl sites for hydroxylation is 1. The Bertz CT molecular complexity index is 1080. The maximum absolute atomic E-state index is 5.90. The number of nitrogens with two attached hydrogens (primary N) is 1. The van der Waals surface area contributed by atoms with E-state index in [1.807, 2.05) is 23.7 Å². The van der Waals surface area contributed by atoms with Crippen molar-refractivity contribution >= 4 is 84.5 Å². The number of hydrogen-bond acceptors (Lipinski definition) is 7. The summed E-state index contributed by atoms with van der Waals surface area (Å²) >= 11 is 11.4. The smallest absolute Gasteiger partial charge is 0.226 e. The van der Waals surface area contributed by atoms with Crippen LogP contribution in [0, 0.1) is 0 Å². The molecule has 3 heterocycles. The minimum Gasteiger partial charge on any atom is -0.382 e. The number of thiazole rings is 1. The number of hydrogen-bond donors (Lipinski definition) is 1. The lowest BCUT2D eigenvalue weighted by Gasteiger charge is -1.98. The molecule has 0 spiro atoms. The topological polar surface area (TPSA) is 82.5 Å². The number of alkyl halides is 1. The second kappa shape index (κ2) is 6.28. The van der Waals surface area contributed by atoms with Crippen molar-refractivity contribution < 1.29 is 0 Å². The van der Waals surface area contributed by atoms with Gasteiger partial charge in [0, 0.05) is 11.5 Å². The number of nitrogens with zero attached hydrogens (tertiary/aromatic N) is 5. The first-order valence-electron chi connectivity index (χ1n) is 6.84. The molecule has 24 heavy (non-hydrogen) atoms. The molecule has 1 aromatic carbocycles. The fraction of sp³-hybridized carbons (Fsp3) is 0.143. The van der Waals surface area contributed by atoms with Gasteiger partial charge in [0.1, 0.15) is 0 Å². The fourth-order valence-corrected chi connectivity index (χ4v) is 5.51. The Morgan fingerprint density at radius 3 is 2.92 bits per heavy atom. The number of halogens is 2. The van der Waals surface area contributed by atoms with Gasteiger partial charge in [0.25, 0.3) is 0 Å². The molecule has 0 amide bonds. The first-order chi connectivity index (χ1) is 11.6. The number of nitrogen functional groups attached to an aromatic ring is 1. The minimum absolute atomic E-state index is 0.117. The van der Waals surface area contributed by atoms with Gasteiger partial charge in [0.05, 0.1) is 10.2 Å². The predicted molar refractivity (Wildman–Crippen MR) is 107 cm³/mol. The van der Waals surface area contributed by atoms with Crippen molar-refractivity contribution in [3.8, 4) is 0 Å². The van der Waals surface area contributed by atoms with Crippen LogP contribution >= 0.6 is 57.3 Å².